The Kier molecular flexibility index (Phi) is 1.08. The van der Waals surface area contributed by atoms with Crippen LogP contribution in [0.2, 0.25) is 0 Å². The lowest BCUT2D eigenvalue weighted by atomic mass is 10.3. The van der Waals surface area contributed by atoms with Crippen molar-refractivity contribution in [1.82, 2.24) is 5.01 Å². The fraction of sp³-hybridized carbons (Fsp3) is 0.500. The van der Waals surface area contributed by atoms with Crippen molar-refractivity contribution in [1.29, 1.82) is 0 Å². The van der Waals surface area contributed by atoms with Gasteiger partial charge in [-0.15, -0.1) is 0 Å². The number of hydrogen-bond acceptors (Lipinski definition) is 2. The number of rotatable bonds is 0. The van der Waals surface area contributed by atoms with E-state index < -0.39 is 0 Å². The average Bonchev–Trinajstić information content (AvgIpc) is 1.85. The molecule has 8 heavy (non-hydrogen) atoms. The average molecular weight is 110 g/mol. The van der Waals surface area contributed by atoms with E-state index in [1.807, 2.05) is 19.0 Å². The molecular weight excluding hydrogens is 100 g/mol. The standard InChI is InChI=1S/C6H10N2/c1-5-4-6(2)8(3)7-5/h2,4H2,1,3H3. The van der Waals surface area contributed by atoms with Crippen LogP contribution in [-0.2, 0) is 0 Å². The molecule has 0 unspecified atom stereocenters. The van der Waals surface area contributed by atoms with E-state index in [9.17, 15) is 0 Å². The quantitative estimate of drug-likeness (QED) is 0.457. The van der Waals surface area contributed by atoms with Gasteiger partial charge in [0.25, 0.3) is 0 Å². The molecule has 0 aromatic carbocycles. The lowest BCUT2D eigenvalue weighted by Gasteiger charge is -2.04. The lowest BCUT2D eigenvalue weighted by Crippen LogP contribution is -2.01. The molecule has 0 aromatic rings. The first kappa shape index (κ1) is 5.35. The minimum absolute atomic E-state index is 0.941. The van der Waals surface area contributed by atoms with Crippen molar-refractivity contribution >= 4 is 5.71 Å². The highest BCUT2D eigenvalue weighted by molar-refractivity contribution is 5.85. The molecule has 2 nitrogen and oxygen atoms in total. The molecule has 44 valence electrons. The summed E-state index contributed by atoms with van der Waals surface area (Å²) in [5.41, 5.74) is 2.24. The highest BCUT2D eigenvalue weighted by Gasteiger charge is 2.09. The summed E-state index contributed by atoms with van der Waals surface area (Å²) in [6.07, 6.45) is 0.941. The second-order valence-electron chi connectivity index (χ2n) is 2.10. The van der Waals surface area contributed by atoms with Gasteiger partial charge in [0, 0.05) is 24.9 Å². The van der Waals surface area contributed by atoms with E-state index in [1.165, 1.54) is 0 Å². The summed E-state index contributed by atoms with van der Waals surface area (Å²) in [7, 11) is 1.92. The summed E-state index contributed by atoms with van der Waals surface area (Å²) >= 11 is 0. The third-order valence-electron chi connectivity index (χ3n) is 1.24. The summed E-state index contributed by atoms with van der Waals surface area (Å²) in [4.78, 5) is 0. The molecule has 0 bridgehead atoms. The minimum Gasteiger partial charge on any atom is -0.273 e. The van der Waals surface area contributed by atoms with Gasteiger partial charge in [-0.05, 0) is 6.92 Å². The van der Waals surface area contributed by atoms with Gasteiger partial charge in [0.15, 0.2) is 0 Å². The molecule has 1 aliphatic rings. The Morgan fingerprint density at radius 1 is 1.75 bits per heavy atom. The van der Waals surface area contributed by atoms with Crippen molar-refractivity contribution in [3.63, 3.8) is 0 Å². The number of hydrazone groups is 1. The molecule has 0 atom stereocenters. The van der Waals surface area contributed by atoms with Gasteiger partial charge < -0.3 is 0 Å². The molecule has 0 fully saturated rings. The van der Waals surface area contributed by atoms with Crippen LogP contribution in [0.3, 0.4) is 0 Å². The van der Waals surface area contributed by atoms with Crippen LogP contribution in [0, 0.1) is 0 Å². The molecule has 0 saturated carbocycles. The second-order valence-corrected chi connectivity index (χ2v) is 2.10. The van der Waals surface area contributed by atoms with Gasteiger partial charge in [-0.1, -0.05) is 6.58 Å². The normalized spacial score (nSPS) is 19.5. The predicted octanol–water partition coefficient (Wildman–Crippen LogP) is 1.21. The van der Waals surface area contributed by atoms with Gasteiger partial charge in [-0.2, -0.15) is 5.10 Å². The Bertz CT molecular complexity index is 147. The second kappa shape index (κ2) is 1.62. The van der Waals surface area contributed by atoms with Gasteiger partial charge in [0.1, 0.15) is 0 Å². The van der Waals surface area contributed by atoms with Crippen LogP contribution in [0.25, 0.3) is 0 Å². The van der Waals surface area contributed by atoms with Crippen LogP contribution < -0.4 is 0 Å². The largest absolute Gasteiger partial charge is 0.273 e. The summed E-state index contributed by atoms with van der Waals surface area (Å²) < 4.78 is 0. The molecule has 0 amide bonds. The molecule has 0 aliphatic carbocycles. The van der Waals surface area contributed by atoms with E-state index in [-0.39, 0.29) is 0 Å². The van der Waals surface area contributed by atoms with Crippen molar-refractivity contribution in [3.05, 3.63) is 12.3 Å². The molecule has 1 rings (SSSR count). The highest BCUT2D eigenvalue weighted by atomic mass is 15.5. The topological polar surface area (TPSA) is 15.6 Å². The van der Waals surface area contributed by atoms with E-state index in [4.69, 9.17) is 0 Å². The van der Waals surface area contributed by atoms with E-state index >= 15 is 0 Å². The monoisotopic (exact) mass is 110 g/mol. The van der Waals surface area contributed by atoms with Crippen LogP contribution in [0.1, 0.15) is 13.3 Å². The zero-order valence-corrected chi connectivity index (χ0v) is 5.31. The molecule has 0 spiro atoms. The highest BCUT2D eigenvalue weighted by Crippen LogP contribution is 2.13. The molecule has 0 saturated heterocycles. The molecule has 0 N–H and O–H groups in total. The van der Waals surface area contributed by atoms with E-state index in [0.29, 0.717) is 0 Å². The van der Waals surface area contributed by atoms with Crippen molar-refractivity contribution in [2.75, 3.05) is 7.05 Å². The maximum atomic E-state index is 4.12. The Morgan fingerprint density at radius 2 is 2.38 bits per heavy atom. The molecule has 0 aromatic heterocycles. The van der Waals surface area contributed by atoms with E-state index in [1.54, 1.807) is 0 Å². The van der Waals surface area contributed by atoms with Crippen molar-refractivity contribution in [2.45, 2.75) is 13.3 Å². The van der Waals surface area contributed by atoms with Crippen LogP contribution >= 0.6 is 0 Å². The van der Waals surface area contributed by atoms with Crippen molar-refractivity contribution in [2.24, 2.45) is 5.10 Å². The third-order valence-corrected chi connectivity index (χ3v) is 1.24. The summed E-state index contributed by atoms with van der Waals surface area (Å²) in [5, 5.41) is 5.94. The molecule has 2 heteroatoms. The van der Waals surface area contributed by atoms with Crippen LogP contribution in [0.15, 0.2) is 17.4 Å². The van der Waals surface area contributed by atoms with Crippen LogP contribution in [0.4, 0.5) is 0 Å². The SMILES string of the molecule is C=C1CC(C)=NN1C. The van der Waals surface area contributed by atoms with Gasteiger partial charge >= 0.3 is 0 Å². The van der Waals surface area contributed by atoms with Crippen molar-refractivity contribution in [3.8, 4) is 0 Å². The number of allylic oxidation sites excluding steroid dienone is 1. The molecule has 1 heterocycles. The molecule has 0 radical (unpaired) electrons. The number of nitrogens with zero attached hydrogens (tertiary/aromatic N) is 2. The zero-order valence-electron chi connectivity index (χ0n) is 5.31. The third kappa shape index (κ3) is 0.735. The van der Waals surface area contributed by atoms with Gasteiger partial charge in [-0.3, -0.25) is 5.01 Å². The Morgan fingerprint density at radius 3 is 2.50 bits per heavy atom. The zero-order chi connectivity index (χ0) is 6.15. The number of hydrogen-bond donors (Lipinski definition) is 0. The first-order valence-corrected chi connectivity index (χ1v) is 2.66. The Labute approximate surface area is 49.5 Å². The summed E-state index contributed by atoms with van der Waals surface area (Å²) in [5.74, 6) is 0. The predicted molar refractivity (Wildman–Crippen MR) is 34.6 cm³/mol. The first-order valence-electron chi connectivity index (χ1n) is 2.66. The van der Waals surface area contributed by atoms with Gasteiger partial charge in [0.05, 0.1) is 0 Å². The summed E-state index contributed by atoms with van der Waals surface area (Å²) in [6, 6.07) is 0. The summed E-state index contributed by atoms with van der Waals surface area (Å²) in [6.45, 7) is 5.81. The van der Waals surface area contributed by atoms with E-state index in [2.05, 4.69) is 11.7 Å². The first-order chi connectivity index (χ1) is 3.70. The Hall–Kier alpha value is -0.790. The van der Waals surface area contributed by atoms with Crippen molar-refractivity contribution < 1.29 is 0 Å². The molecular formula is C6H10N2. The van der Waals surface area contributed by atoms with Crippen LogP contribution in [0.5, 0.6) is 0 Å². The van der Waals surface area contributed by atoms with Crippen LogP contribution in [-0.4, -0.2) is 17.8 Å². The smallest absolute Gasteiger partial charge is 0.0412 e. The Balaban J connectivity index is 2.69. The fourth-order valence-corrected chi connectivity index (χ4v) is 0.772. The fourth-order valence-electron chi connectivity index (χ4n) is 0.772. The maximum Gasteiger partial charge on any atom is 0.0412 e. The lowest BCUT2D eigenvalue weighted by molar-refractivity contribution is 0.467. The maximum absolute atomic E-state index is 4.12. The van der Waals surface area contributed by atoms with E-state index in [0.717, 1.165) is 17.8 Å². The van der Waals surface area contributed by atoms with Gasteiger partial charge in [-0.25, -0.2) is 0 Å². The van der Waals surface area contributed by atoms with Gasteiger partial charge in [0.2, 0.25) is 0 Å². The minimum atomic E-state index is 0.941. The molecule has 1 aliphatic heterocycles.